The Morgan fingerprint density at radius 3 is 1.45 bits per heavy atom. The molecule has 60 valence electrons. The maximum Gasteiger partial charge on any atom is 0.211 e. The van der Waals surface area contributed by atoms with Gasteiger partial charge in [-0.25, -0.2) is 0 Å². The molecule has 0 aromatic rings. The number of carbonyl (C=O) groups is 2. The van der Waals surface area contributed by atoms with E-state index in [-0.39, 0.29) is 11.6 Å². The van der Waals surface area contributed by atoms with Crippen LogP contribution in [0.2, 0.25) is 0 Å². The summed E-state index contributed by atoms with van der Waals surface area (Å²) in [5.74, 6) is -0.340. The summed E-state index contributed by atoms with van der Waals surface area (Å²) in [5.41, 5.74) is 11.0. The fourth-order valence-corrected chi connectivity index (χ4v) is 0.850. The molecular weight excluding hydrogens is 146 g/mol. The summed E-state index contributed by atoms with van der Waals surface area (Å²) in [6.07, 6.45) is 2.78. The van der Waals surface area contributed by atoms with Crippen molar-refractivity contribution in [1.82, 2.24) is 4.91 Å². The van der Waals surface area contributed by atoms with Crippen LogP contribution in [0.1, 0.15) is 25.7 Å². The van der Waals surface area contributed by atoms with E-state index >= 15 is 0 Å². The summed E-state index contributed by atoms with van der Waals surface area (Å²) in [5, 5.41) is 0. The molecule has 1 saturated carbocycles. The van der Waals surface area contributed by atoms with Crippen molar-refractivity contribution in [2.24, 2.45) is 0 Å². The predicted molar refractivity (Wildman–Crippen MR) is 36.1 cm³/mol. The van der Waals surface area contributed by atoms with Gasteiger partial charge >= 0.3 is 0 Å². The lowest BCUT2D eigenvalue weighted by atomic mass is 9.98. The van der Waals surface area contributed by atoms with E-state index in [1.165, 1.54) is 0 Å². The Bertz CT molecular complexity index is 178. The van der Waals surface area contributed by atoms with Gasteiger partial charge in [0.25, 0.3) is 0 Å². The van der Waals surface area contributed by atoms with Gasteiger partial charge in [-0.15, -0.1) is 0 Å². The van der Waals surface area contributed by atoms with Crippen LogP contribution in [0.4, 0.5) is 0 Å². The molecule has 0 unspecified atom stereocenters. The molecule has 0 atom stereocenters. The highest BCUT2D eigenvalue weighted by Gasteiger charge is 2.16. The summed E-state index contributed by atoms with van der Waals surface area (Å²) in [7, 11) is 0. The van der Waals surface area contributed by atoms with Gasteiger partial charge in [-0.1, -0.05) is 0 Å². The second-order valence-corrected chi connectivity index (χ2v) is 2.17. The zero-order valence-electron chi connectivity index (χ0n) is 6.09. The molecule has 1 aliphatic carbocycles. The van der Waals surface area contributed by atoms with Gasteiger partial charge in [-0.3, -0.25) is 9.59 Å². The third-order valence-electron chi connectivity index (χ3n) is 1.37. The molecular formula is C6H10N3O2+. The summed E-state index contributed by atoms with van der Waals surface area (Å²) >= 11 is 0. The van der Waals surface area contributed by atoms with E-state index in [9.17, 15) is 9.59 Å². The first kappa shape index (κ1) is 9.65. The molecule has 0 radical (unpaired) electrons. The highest BCUT2D eigenvalue weighted by Crippen LogP contribution is 2.09. The van der Waals surface area contributed by atoms with Crippen LogP contribution >= 0.6 is 0 Å². The standard InChI is InChI=1S/C6H8O2.H2N3/c7-5-3-1-2-4-6(5)8;1-3-2/h1-4H2;1-2H/q;+1. The fraction of sp³-hybridized carbons (Fsp3) is 0.667. The molecule has 0 aromatic heterocycles. The highest BCUT2D eigenvalue weighted by molar-refractivity contribution is 6.37. The Hall–Kier alpha value is -1.35. The van der Waals surface area contributed by atoms with E-state index in [2.05, 4.69) is 0 Å². The number of Topliss-reactive ketones (excluding diaryl/α,β-unsaturated/α-hetero) is 2. The maximum atomic E-state index is 10.4. The Morgan fingerprint density at radius 2 is 1.27 bits per heavy atom. The second kappa shape index (κ2) is 5.44. The van der Waals surface area contributed by atoms with E-state index in [0.717, 1.165) is 12.8 Å². The van der Waals surface area contributed by atoms with Gasteiger partial charge in [0.15, 0.2) is 11.6 Å². The molecule has 2 N–H and O–H groups in total. The summed E-state index contributed by atoms with van der Waals surface area (Å²) in [4.78, 5) is 22.9. The monoisotopic (exact) mass is 156 g/mol. The van der Waals surface area contributed by atoms with Crippen LogP contribution < -0.4 is 4.91 Å². The molecule has 1 rings (SSSR count). The Morgan fingerprint density at radius 1 is 1.00 bits per heavy atom. The van der Waals surface area contributed by atoms with Gasteiger partial charge in [-0.2, -0.15) is 0 Å². The first-order valence-corrected chi connectivity index (χ1v) is 3.31. The van der Waals surface area contributed by atoms with Crippen molar-refractivity contribution in [2.75, 3.05) is 0 Å². The smallest absolute Gasteiger partial charge is 0.211 e. The minimum Gasteiger partial charge on any atom is -0.291 e. The lowest BCUT2D eigenvalue weighted by Gasteiger charge is -2.04. The van der Waals surface area contributed by atoms with E-state index < -0.39 is 0 Å². The lowest BCUT2D eigenvalue weighted by Crippen LogP contribution is -2.17. The largest absolute Gasteiger partial charge is 0.291 e. The quantitative estimate of drug-likeness (QED) is 0.308. The van der Waals surface area contributed by atoms with Crippen molar-refractivity contribution in [3.8, 4) is 0 Å². The van der Waals surface area contributed by atoms with Gasteiger partial charge in [-0.05, 0) is 12.8 Å². The van der Waals surface area contributed by atoms with Gasteiger partial charge < -0.3 is 0 Å². The molecule has 0 aliphatic heterocycles. The molecule has 0 bridgehead atoms. The molecule has 0 spiro atoms. The lowest BCUT2D eigenvalue weighted by molar-refractivity contribution is -0.137. The minimum absolute atomic E-state index is 0.170. The minimum atomic E-state index is -0.170. The first-order valence-electron chi connectivity index (χ1n) is 3.31. The van der Waals surface area contributed by atoms with E-state index in [4.69, 9.17) is 11.1 Å². The Labute approximate surface area is 63.8 Å². The zero-order chi connectivity index (χ0) is 8.69. The van der Waals surface area contributed by atoms with Gasteiger partial charge in [0.2, 0.25) is 4.91 Å². The Kier molecular flexibility index (Phi) is 4.77. The highest BCUT2D eigenvalue weighted by atomic mass is 16.2. The molecule has 5 heteroatoms. The number of nitrogens with zero attached hydrogens (tertiary/aromatic N) is 1. The predicted octanol–water partition coefficient (Wildman–Crippen LogP) is 0.814. The van der Waals surface area contributed by atoms with E-state index in [0.29, 0.717) is 12.8 Å². The summed E-state index contributed by atoms with van der Waals surface area (Å²) < 4.78 is 0. The summed E-state index contributed by atoms with van der Waals surface area (Å²) in [6, 6.07) is 0. The molecule has 0 saturated heterocycles. The van der Waals surface area contributed by atoms with Crippen LogP contribution in [0.5, 0.6) is 0 Å². The average molecular weight is 156 g/mol. The second-order valence-electron chi connectivity index (χ2n) is 2.17. The van der Waals surface area contributed by atoms with Gasteiger partial charge in [0, 0.05) is 12.8 Å². The van der Waals surface area contributed by atoms with Crippen LogP contribution in [-0.4, -0.2) is 11.6 Å². The molecule has 0 heterocycles. The normalized spacial score (nSPS) is 16.4. The number of nitrogens with one attached hydrogen (secondary N) is 2. The fourth-order valence-electron chi connectivity index (χ4n) is 0.850. The van der Waals surface area contributed by atoms with Crippen molar-refractivity contribution in [2.45, 2.75) is 25.7 Å². The molecule has 0 aromatic carbocycles. The average Bonchev–Trinajstić information content (AvgIpc) is 1.97. The Balaban J connectivity index is 0.000000292. The van der Waals surface area contributed by atoms with Crippen LogP contribution in [0.15, 0.2) is 0 Å². The third-order valence-corrected chi connectivity index (χ3v) is 1.37. The number of carbonyl (C=O) groups excluding carboxylic acids is 2. The maximum absolute atomic E-state index is 10.4. The van der Waals surface area contributed by atoms with E-state index in [1.54, 1.807) is 0 Å². The zero-order valence-corrected chi connectivity index (χ0v) is 6.09. The molecule has 5 nitrogen and oxygen atoms in total. The molecule has 1 aliphatic rings. The van der Waals surface area contributed by atoms with Crippen LogP contribution in [0, 0.1) is 11.1 Å². The van der Waals surface area contributed by atoms with Crippen molar-refractivity contribution in [3.05, 3.63) is 0 Å². The van der Waals surface area contributed by atoms with Crippen molar-refractivity contribution in [1.29, 1.82) is 11.1 Å². The first-order chi connectivity index (χ1) is 5.22. The number of ketones is 2. The summed E-state index contributed by atoms with van der Waals surface area (Å²) in [6.45, 7) is 0. The van der Waals surface area contributed by atoms with Crippen molar-refractivity contribution in [3.63, 3.8) is 0 Å². The topological polar surface area (TPSA) is 95.9 Å². The van der Waals surface area contributed by atoms with Crippen LogP contribution in [0.25, 0.3) is 0 Å². The van der Waals surface area contributed by atoms with Crippen molar-refractivity contribution >= 4 is 11.6 Å². The number of hydrogen-bond donors (Lipinski definition) is 2. The molecule has 0 amide bonds. The third kappa shape index (κ3) is 4.11. The molecule has 11 heavy (non-hydrogen) atoms. The SMILES string of the molecule is N=[N+]=N.O=C1CCCCC1=O. The number of rotatable bonds is 0. The van der Waals surface area contributed by atoms with Gasteiger partial charge in [0.05, 0.1) is 0 Å². The van der Waals surface area contributed by atoms with Gasteiger partial charge in [0.1, 0.15) is 11.1 Å². The van der Waals surface area contributed by atoms with E-state index in [1.807, 2.05) is 4.91 Å². The van der Waals surface area contributed by atoms with Crippen LogP contribution in [0.3, 0.4) is 0 Å². The van der Waals surface area contributed by atoms with Crippen molar-refractivity contribution < 1.29 is 9.59 Å². The molecule has 1 fully saturated rings. The van der Waals surface area contributed by atoms with Crippen LogP contribution in [-0.2, 0) is 9.59 Å². The number of hydrogen-bond acceptors (Lipinski definition) is 4.